The molecule has 0 nitrogen and oxygen atoms in total. The standard InChI is InChI=1S/C78H46S2/c1-3-17-47(18-4-1)56-24-11-12-26-59(56)77-63-30-16-15-29-62(63)76(54-33-36-58-67-41-50-22-7-8-23-51(50)44-73(67)80-71(58)45-54)65-38-32-53(43-69(65)77)52-31-37-64-68(42-52)74(49-20-5-2-6-21-49)60-27-13-14-28-61(60)75(64)55-34-39-66-72(46-55)79-70-40-35-48-19-9-10-25-57(48)78(66)70/h1-46H. The summed E-state index contributed by atoms with van der Waals surface area (Å²) in [6.07, 6.45) is 0. The lowest BCUT2D eigenvalue weighted by atomic mass is 9.82. The van der Waals surface area contributed by atoms with Gasteiger partial charge in [0.15, 0.2) is 0 Å². The Morgan fingerprint density at radius 3 is 1.25 bits per heavy atom. The minimum Gasteiger partial charge on any atom is -0.135 e. The molecule has 0 aliphatic rings. The van der Waals surface area contributed by atoms with Crippen LogP contribution in [-0.4, -0.2) is 0 Å². The van der Waals surface area contributed by atoms with Gasteiger partial charge in [0.1, 0.15) is 0 Å². The van der Waals surface area contributed by atoms with E-state index in [0.717, 1.165) is 0 Å². The third-order valence-corrected chi connectivity index (χ3v) is 19.2. The van der Waals surface area contributed by atoms with Gasteiger partial charge in [-0.3, -0.25) is 0 Å². The van der Waals surface area contributed by atoms with Gasteiger partial charge in [-0.25, -0.2) is 0 Å². The summed E-state index contributed by atoms with van der Waals surface area (Å²) in [7, 11) is 0. The minimum atomic E-state index is 1.18. The number of hydrogen-bond acceptors (Lipinski definition) is 2. The van der Waals surface area contributed by atoms with Gasteiger partial charge in [0.2, 0.25) is 0 Å². The first-order chi connectivity index (χ1) is 39.7. The van der Waals surface area contributed by atoms with Crippen molar-refractivity contribution < 1.29 is 0 Å². The molecule has 2 aromatic heterocycles. The molecule has 15 aromatic carbocycles. The average molecular weight is 1050 g/mol. The van der Waals surface area contributed by atoms with Gasteiger partial charge in [-0.2, -0.15) is 0 Å². The molecule has 17 aromatic rings. The van der Waals surface area contributed by atoms with Crippen LogP contribution in [0.25, 0.3) is 172 Å². The Kier molecular flexibility index (Phi) is 10.2. The zero-order chi connectivity index (χ0) is 52.4. The fourth-order valence-electron chi connectivity index (χ4n) is 13.4. The van der Waals surface area contributed by atoms with Crippen molar-refractivity contribution in [2.75, 3.05) is 0 Å². The Balaban J connectivity index is 0.922. The lowest BCUT2D eigenvalue weighted by Gasteiger charge is -2.21. The Morgan fingerprint density at radius 2 is 0.600 bits per heavy atom. The third-order valence-electron chi connectivity index (χ3n) is 17.0. The molecule has 0 unspecified atom stereocenters. The third kappa shape index (κ3) is 6.99. The van der Waals surface area contributed by atoms with Crippen LogP contribution in [0.2, 0.25) is 0 Å². The lowest BCUT2D eigenvalue weighted by molar-refractivity contribution is 1.60. The van der Waals surface area contributed by atoms with Crippen LogP contribution >= 0.6 is 22.7 Å². The second-order valence-electron chi connectivity index (χ2n) is 21.4. The van der Waals surface area contributed by atoms with Crippen molar-refractivity contribution in [3.63, 3.8) is 0 Å². The Hall–Kier alpha value is -9.70. The van der Waals surface area contributed by atoms with Crippen molar-refractivity contribution in [1.82, 2.24) is 0 Å². The Labute approximate surface area is 470 Å². The highest BCUT2D eigenvalue weighted by Crippen LogP contribution is 2.51. The molecular formula is C78H46S2. The zero-order valence-corrected chi connectivity index (χ0v) is 45.0. The molecule has 0 aliphatic heterocycles. The van der Waals surface area contributed by atoms with Crippen LogP contribution in [0.1, 0.15) is 0 Å². The van der Waals surface area contributed by atoms with Gasteiger partial charge in [0.05, 0.1) is 0 Å². The predicted molar refractivity (Wildman–Crippen MR) is 350 cm³/mol. The largest absolute Gasteiger partial charge is 0.135 e. The smallest absolute Gasteiger partial charge is 0.0361 e. The van der Waals surface area contributed by atoms with E-state index < -0.39 is 0 Å². The van der Waals surface area contributed by atoms with Crippen molar-refractivity contribution in [3.8, 4) is 66.8 Å². The summed E-state index contributed by atoms with van der Waals surface area (Å²) in [6, 6.07) is 105. The molecule has 0 saturated carbocycles. The van der Waals surface area contributed by atoms with Crippen molar-refractivity contribution in [2.45, 2.75) is 0 Å². The SMILES string of the molecule is c1ccc(-c2ccccc2-c2c3ccccc3c(-c3ccc4c(c3)sc3cc5ccccc5cc34)c3ccc(-c4ccc5c(-c6ccc7c(c6)sc6ccc8ccccc8c67)c6ccccc6c(-c6ccccc6)c5c4)cc23)cc1. The molecule has 0 amide bonds. The molecular weight excluding hydrogens is 1000 g/mol. The van der Waals surface area contributed by atoms with Crippen LogP contribution in [-0.2, 0) is 0 Å². The predicted octanol–water partition coefficient (Wildman–Crippen LogP) is 23.3. The van der Waals surface area contributed by atoms with Gasteiger partial charge >= 0.3 is 0 Å². The molecule has 0 radical (unpaired) electrons. The van der Waals surface area contributed by atoms with Gasteiger partial charge in [-0.1, -0.05) is 237 Å². The molecule has 2 heteroatoms. The molecule has 0 spiro atoms. The summed E-state index contributed by atoms with van der Waals surface area (Å²) in [5, 5.41) is 20.4. The molecule has 2 heterocycles. The minimum absolute atomic E-state index is 1.18. The van der Waals surface area contributed by atoms with E-state index in [1.165, 1.54) is 172 Å². The van der Waals surface area contributed by atoms with E-state index in [1.54, 1.807) is 0 Å². The number of hydrogen-bond donors (Lipinski definition) is 0. The molecule has 0 aliphatic carbocycles. The monoisotopic (exact) mass is 1050 g/mol. The van der Waals surface area contributed by atoms with E-state index in [0.29, 0.717) is 0 Å². The van der Waals surface area contributed by atoms with Crippen molar-refractivity contribution in [2.24, 2.45) is 0 Å². The van der Waals surface area contributed by atoms with Crippen LogP contribution in [0.15, 0.2) is 279 Å². The van der Waals surface area contributed by atoms with Crippen LogP contribution < -0.4 is 0 Å². The fourth-order valence-corrected chi connectivity index (χ4v) is 15.8. The second-order valence-corrected chi connectivity index (χ2v) is 23.5. The second kappa shape index (κ2) is 17.9. The zero-order valence-electron chi connectivity index (χ0n) is 43.4. The normalized spacial score (nSPS) is 12.0. The van der Waals surface area contributed by atoms with E-state index in [1.807, 2.05) is 22.7 Å². The molecule has 370 valence electrons. The first-order valence-corrected chi connectivity index (χ1v) is 29.2. The lowest BCUT2D eigenvalue weighted by Crippen LogP contribution is -1.94. The van der Waals surface area contributed by atoms with Crippen LogP contribution in [0, 0.1) is 0 Å². The summed E-state index contributed by atoms with van der Waals surface area (Å²) < 4.78 is 5.25. The summed E-state index contributed by atoms with van der Waals surface area (Å²) in [4.78, 5) is 0. The highest BCUT2D eigenvalue weighted by atomic mass is 32.1. The molecule has 0 saturated heterocycles. The summed E-state index contributed by atoms with van der Waals surface area (Å²) >= 11 is 3.79. The first kappa shape index (κ1) is 45.3. The highest BCUT2D eigenvalue weighted by Gasteiger charge is 2.23. The molecule has 80 heavy (non-hydrogen) atoms. The molecule has 0 N–H and O–H groups in total. The van der Waals surface area contributed by atoms with E-state index >= 15 is 0 Å². The van der Waals surface area contributed by atoms with Gasteiger partial charge in [0.25, 0.3) is 0 Å². The number of fused-ring (bicyclic) bond motifs is 13. The van der Waals surface area contributed by atoms with Gasteiger partial charge < -0.3 is 0 Å². The fraction of sp³-hybridized carbons (Fsp3) is 0. The van der Waals surface area contributed by atoms with Crippen LogP contribution in [0.4, 0.5) is 0 Å². The van der Waals surface area contributed by atoms with Crippen molar-refractivity contribution in [3.05, 3.63) is 279 Å². The summed E-state index contributed by atoms with van der Waals surface area (Å²) in [5.74, 6) is 0. The molecule has 0 fully saturated rings. The summed E-state index contributed by atoms with van der Waals surface area (Å²) in [5.41, 5.74) is 14.7. The van der Waals surface area contributed by atoms with Gasteiger partial charge in [-0.15, -0.1) is 22.7 Å². The quantitative estimate of drug-likeness (QED) is 0.146. The molecule has 0 bridgehead atoms. The highest BCUT2D eigenvalue weighted by molar-refractivity contribution is 7.26. The maximum atomic E-state index is 2.50. The molecule has 17 rings (SSSR count). The van der Waals surface area contributed by atoms with Gasteiger partial charge in [-0.05, 0) is 174 Å². The van der Waals surface area contributed by atoms with Gasteiger partial charge in [0, 0.05) is 40.3 Å². The maximum absolute atomic E-state index is 2.50. The van der Waals surface area contributed by atoms with E-state index in [9.17, 15) is 0 Å². The first-order valence-electron chi connectivity index (χ1n) is 27.5. The van der Waals surface area contributed by atoms with E-state index in [-0.39, 0.29) is 0 Å². The number of benzene rings is 15. The van der Waals surface area contributed by atoms with E-state index in [4.69, 9.17) is 0 Å². The summed E-state index contributed by atoms with van der Waals surface area (Å²) in [6.45, 7) is 0. The Bertz CT molecular complexity index is 5410. The van der Waals surface area contributed by atoms with Crippen molar-refractivity contribution in [1.29, 1.82) is 0 Å². The average Bonchev–Trinajstić information content (AvgIpc) is 4.14. The van der Waals surface area contributed by atoms with Crippen LogP contribution in [0.5, 0.6) is 0 Å². The molecule has 0 atom stereocenters. The van der Waals surface area contributed by atoms with Crippen molar-refractivity contribution >= 4 is 128 Å². The topological polar surface area (TPSA) is 0 Å². The Morgan fingerprint density at radius 1 is 0.175 bits per heavy atom. The van der Waals surface area contributed by atoms with Crippen LogP contribution in [0.3, 0.4) is 0 Å². The number of rotatable bonds is 6. The number of thiophene rings is 2. The van der Waals surface area contributed by atoms with E-state index in [2.05, 4.69) is 279 Å². The maximum Gasteiger partial charge on any atom is 0.0361 e.